The number of rotatable bonds is 2. The summed E-state index contributed by atoms with van der Waals surface area (Å²) in [5, 5.41) is 0. The van der Waals surface area contributed by atoms with Crippen molar-refractivity contribution in [3.63, 3.8) is 0 Å². The number of nitrogens with zero attached hydrogens (tertiary/aromatic N) is 1. The van der Waals surface area contributed by atoms with Gasteiger partial charge >= 0.3 is 0 Å². The molecule has 3 nitrogen and oxygen atoms in total. The minimum absolute atomic E-state index is 0.0431. The summed E-state index contributed by atoms with van der Waals surface area (Å²) in [7, 11) is 1.47. The molecular weight excluding hydrogens is 197 g/mol. The van der Waals surface area contributed by atoms with Gasteiger partial charge in [0, 0.05) is 13.0 Å². The second kappa shape index (κ2) is 3.88. The van der Waals surface area contributed by atoms with Crippen LogP contribution < -0.4 is 9.64 Å². The molecule has 4 heteroatoms. The first-order chi connectivity index (χ1) is 7.24. The topological polar surface area (TPSA) is 29.5 Å². The Kier molecular flexibility index (Phi) is 2.58. The Morgan fingerprint density at radius 3 is 2.87 bits per heavy atom. The van der Waals surface area contributed by atoms with Gasteiger partial charge in [-0.1, -0.05) is 6.07 Å². The maximum Gasteiger partial charge on any atom is 0.227 e. The first-order valence-corrected chi connectivity index (χ1v) is 4.87. The van der Waals surface area contributed by atoms with E-state index in [0.29, 0.717) is 18.7 Å². The summed E-state index contributed by atoms with van der Waals surface area (Å²) in [6.45, 7) is 0.566. The Balaban J connectivity index is 2.45. The first kappa shape index (κ1) is 9.96. The van der Waals surface area contributed by atoms with Gasteiger partial charge in [0.25, 0.3) is 0 Å². The zero-order valence-corrected chi connectivity index (χ0v) is 8.50. The lowest BCUT2D eigenvalue weighted by atomic mass is 10.2. The summed E-state index contributed by atoms with van der Waals surface area (Å²) in [5.74, 6) is -0.0479. The second-order valence-corrected chi connectivity index (χ2v) is 3.44. The molecule has 15 heavy (non-hydrogen) atoms. The molecule has 0 unspecified atom stereocenters. The molecular formula is C11H12FNO2. The quantitative estimate of drug-likeness (QED) is 0.745. The van der Waals surface area contributed by atoms with Crippen molar-refractivity contribution < 1.29 is 13.9 Å². The van der Waals surface area contributed by atoms with Crippen LogP contribution in [0.5, 0.6) is 5.75 Å². The monoisotopic (exact) mass is 209 g/mol. The van der Waals surface area contributed by atoms with Crippen molar-refractivity contribution in [3.8, 4) is 5.75 Å². The van der Waals surface area contributed by atoms with Gasteiger partial charge in [-0.15, -0.1) is 0 Å². The van der Waals surface area contributed by atoms with E-state index < -0.39 is 5.82 Å². The highest BCUT2D eigenvalue weighted by atomic mass is 19.1. The fraction of sp³-hybridized carbons (Fsp3) is 0.364. The average Bonchev–Trinajstić information content (AvgIpc) is 2.64. The zero-order chi connectivity index (χ0) is 10.8. The van der Waals surface area contributed by atoms with Gasteiger partial charge in [-0.25, -0.2) is 4.39 Å². The van der Waals surface area contributed by atoms with Crippen LogP contribution in [0.15, 0.2) is 18.2 Å². The number of methoxy groups -OCH3 is 1. The van der Waals surface area contributed by atoms with E-state index in [-0.39, 0.29) is 11.6 Å². The van der Waals surface area contributed by atoms with Crippen molar-refractivity contribution in [2.75, 3.05) is 18.6 Å². The molecule has 1 amide bonds. The average molecular weight is 209 g/mol. The molecule has 1 saturated heterocycles. The number of amides is 1. The number of benzene rings is 1. The normalized spacial score (nSPS) is 15.9. The smallest absolute Gasteiger partial charge is 0.227 e. The van der Waals surface area contributed by atoms with Crippen LogP contribution in [0.25, 0.3) is 0 Å². The number of anilines is 1. The van der Waals surface area contributed by atoms with Gasteiger partial charge in [-0.3, -0.25) is 4.79 Å². The van der Waals surface area contributed by atoms with E-state index in [1.54, 1.807) is 12.1 Å². The van der Waals surface area contributed by atoms with Crippen molar-refractivity contribution in [3.05, 3.63) is 24.0 Å². The molecule has 0 N–H and O–H groups in total. The van der Waals surface area contributed by atoms with Crippen LogP contribution in [0, 0.1) is 5.82 Å². The standard InChI is InChI=1S/C11H12FNO2/c1-15-9-5-2-4-8(12)11(9)13-7-3-6-10(13)14/h2,4-5H,3,6-7H2,1H3. The largest absolute Gasteiger partial charge is 0.494 e. The van der Waals surface area contributed by atoms with Crippen molar-refractivity contribution in [2.45, 2.75) is 12.8 Å². The fourth-order valence-electron chi connectivity index (χ4n) is 1.81. The summed E-state index contributed by atoms with van der Waals surface area (Å²) >= 11 is 0. The van der Waals surface area contributed by atoms with Gasteiger partial charge in [0.1, 0.15) is 11.4 Å². The lowest BCUT2D eigenvalue weighted by Crippen LogP contribution is -2.25. The molecule has 2 rings (SSSR count). The van der Waals surface area contributed by atoms with Crippen molar-refractivity contribution in [2.24, 2.45) is 0 Å². The summed E-state index contributed by atoms with van der Waals surface area (Å²) in [6, 6.07) is 4.56. The molecule has 0 saturated carbocycles. The van der Waals surface area contributed by atoms with Crippen molar-refractivity contribution in [1.82, 2.24) is 0 Å². The number of hydrogen-bond acceptors (Lipinski definition) is 2. The van der Waals surface area contributed by atoms with Gasteiger partial charge in [0.2, 0.25) is 5.91 Å². The predicted molar refractivity (Wildman–Crippen MR) is 54.5 cm³/mol. The molecule has 1 aliphatic heterocycles. The lowest BCUT2D eigenvalue weighted by Gasteiger charge is -2.19. The summed E-state index contributed by atoms with van der Waals surface area (Å²) < 4.78 is 18.6. The lowest BCUT2D eigenvalue weighted by molar-refractivity contribution is -0.117. The molecule has 1 aliphatic rings. The Morgan fingerprint density at radius 2 is 2.27 bits per heavy atom. The van der Waals surface area contributed by atoms with Crippen LogP contribution in [0.4, 0.5) is 10.1 Å². The van der Waals surface area contributed by atoms with E-state index in [2.05, 4.69) is 0 Å². The molecule has 1 heterocycles. The van der Waals surface area contributed by atoms with E-state index in [1.807, 2.05) is 0 Å². The summed E-state index contributed by atoms with van der Waals surface area (Å²) in [4.78, 5) is 13.0. The number of carbonyl (C=O) groups is 1. The number of halogens is 1. The molecule has 1 aromatic rings. The van der Waals surface area contributed by atoms with Gasteiger partial charge in [0.15, 0.2) is 5.82 Å². The van der Waals surface area contributed by atoms with Gasteiger partial charge in [-0.2, -0.15) is 0 Å². The van der Waals surface area contributed by atoms with Gasteiger partial charge < -0.3 is 9.64 Å². The van der Waals surface area contributed by atoms with Crippen LogP contribution in [-0.4, -0.2) is 19.6 Å². The maximum atomic E-state index is 13.6. The number of para-hydroxylation sites is 1. The molecule has 0 spiro atoms. The van der Waals surface area contributed by atoms with Crippen LogP contribution in [0.2, 0.25) is 0 Å². The predicted octanol–water partition coefficient (Wildman–Crippen LogP) is 1.96. The third kappa shape index (κ3) is 1.67. The number of hydrogen-bond donors (Lipinski definition) is 0. The van der Waals surface area contributed by atoms with Crippen molar-refractivity contribution in [1.29, 1.82) is 0 Å². The molecule has 0 aliphatic carbocycles. The Bertz CT molecular complexity index is 392. The molecule has 1 aromatic carbocycles. The molecule has 1 fully saturated rings. The van der Waals surface area contributed by atoms with Crippen molar-refractivity contribution >= 4 is 11.6 Å². The highest BCUT2D eigenvalue weighted by molar-refractivity contribution is 5.96. The van der Waals surface area contributed by atoms with Gasteiger partial charge in [-0.05, 0) is 18.6 Å². The molecule has 0 bridgehead atoms. The second-order valence-electron chi connectivity index (χ2n) is 3.44. The molecule has 0 radical (unpaired) electrons. The van der Waals surface area contributed by atoms with Gasteiger partial charge in [0.05, 0.1) is 7.11 Å². The minimum Gasteiger partial charge on any atom is -0.494 e. The fourth-order valence-corrected chi connectivity index (χ4v) is 1.81. The van der Waals surface area contributed by atoms with Crippen LogP contribution in [-0.2, 0) is 4.79 Å². The third-order valence-corrected chi connectivity index (χ3v) is 2.51. The zero-order valence-electron chi connectivity index (χ0n) is 8.50. The third-order valence-electron chi connectivity index (χ3n) is 2.51. The van der Waals surface area contributed by atoms with E-state index in [0.717, 1.165) is 6.42 Å². The van der Waals surface area contributed by atoms with E-state index >= 15 is 0 Å². The highest BCUT2D eigenvalue weighted by Crippen LogP contribution is 2.33. The molecule has 80 valence electrons. The summed E-state index contributed by atoms with van der Waals surface area (Å²) in [6.07, 6.45) is 1.26. The molecule has 0 aromatic heterocycles. The highest BCUT2D eigenvalue weighted by Gasteiger charge is 2.26. The van der Waals surface area contributed by atoms with Crippen LogP contribution in [0.1, 0.15) is 12.8 Å². The van der Waals surface area contributed by atoms with E-state index in [1.165, 1.54) is 18.1 Å². The Morgan fingerprint density at radius 1 is 1.47 bits per heavy atom. The number of ether oxygens (including phenoxy) is 1. The Labute approximate surface area is 87.5 Å². The SMILES string of the molecule is COc1cccc(F)c1N1CCCC1=O. The maximum absolute atomic E-state index is 13.6. The first-order valence-electron chi connectivity index (χ1n) is 4.87. The Hall–Kier alpha value is -1.58. The minimum atomic E-state index is -0.412. The van der Waals surface area contributed by atoms with Crippen LogP contribution in [0.3, 0.4) is 0 Å². The summed E-state index contributed by atoms with van der Waals surface area (Å²) in [5.41, 5.74) is 0.266. The van der Waals surface area contributed by atoms with Crippen LogP contribution >= 0.6 is 0 Å². The van der Waals surface area contributed by atoms with E-state index in [4.69, 9.17) is 4.74 Å². The molecule has 0 atom stereocenters. The number of carbonyl (C=O) groups excluding carboxylic acids is 1. The van der Waals surface area contributed by atoms with E-state index in [9.17, 15) is 9.18 Å².